The van der Waals surface area contributed by atoms with E-state index in [9.17, 15) is 18.3 Å². The number of halogens is 1. The first-order chi connectivity index (χ1) is 13.3. The van der Waals surface area contributed by atoms with Crippen LogP contribution in [0.2, 0.25) is 0 Å². The van der Waals surface area contributed by atoms with E-state index < -0.39 is 15.9 Å². The number of carbonyl (C=O) groups is 1. The Kier molecular flexibility index (Phi) is 5.71. The van der Waals surface area contributed by atoms with E-state index >= 15 is 0 Å². The molecule has 0 spiro atoms. The third kappa shape index (κ3) is 4.52. The predicted molar refractivity (Wildman–Crippen MR) is 112 cm³/mol. The summed E-state index contributed by atoms with van der Waals surface area (Å²) >= 11 is 3.32. The minimum atomic E-state index is -3.90. The Morgan fingerprint density at radius 1 is 0.964 bits per heavy atom. The zero-order chi connectivity index (χ0) is 20.3. The smallest absolute Gasteiger partial charge is 0.261 e. The van der Waals surface area contributed by atoms with Crippen molar-refractivity contribution in [2.45, 2.75) is 11.8 Å². The molecule has 0 heterocycles. The number of phenols is 1. The third-order valence-electron chi connectivity index (χ3n) is 3.92. The van der Waals surface area contributed by atoms with E-state index in [2.05, 4.69) is 26.0 Å². The van der Waals surface area contributed by atoms with Gasteiger partial charge in [0.15, 0.2) is 0 Å². The fraction of sp³-hybridized carbons (Fsp3) is 0.0500. The summed E-state index contributed by atoms with van der Waals surface area (Å²) in [6.45, 7) is 1.86. The van der Waals surface area contributed by atoms with Crippen LogP contribution in [-0.4, -0.2) is 19.4 Å². The van der Waals surface area contributed by atoms with Crippen LogP contribution in [0.3, 0.4) is 0 Å². The minimum Gasteiger partial charge on any atom is -0.506 e. The lowest BCUT2D eigenvalue weighted by atomic mass is 10.2. The van der Waals surface area contributed by atoms with Gasteiger partial charge >= 0.3 is 0 Å². The fourth-order valence-electron chi connectivity index (χ4n) is 2.50. The van der Waals surface area contributed by atoms with Crippen LogP contribution in [0.5, 0.6) is 5.75 Å². The third-order valence-corrected chi connectivity index (χ3v) is 5.98. The number of carbonyl (C=O) groups excluding carboxylic acids is 1. The quantitative estimate of drug-likeness (QED) is 0.487. The van der Waals surface area contributed by atoms with Gasteiger partial charge in [-0.3, -0.25) is 9.52 Å². The summed E-state index contributed by atoms with van der Waals surface area (Å²) in [6.07, 6.45) is 0. The number of nitrogens with one attached hydrogen (secondary N) is 2. The van der Waals surface area contributed by atoms with Crippen molar-refractivity contribution in [3.63, 3.8) is 0 Å². The first-order valence-corrected chi connectivity index (χ1v) is 10.5. The Labute approximate surface area is 171 Å². The van der Waals surface area contributed by atoms with Gasteiger partial charge in [0.2, 0.25) is 0 Å². The first kappa shape index (κ1) is 19.9. The van der Waals surface area contributed by atoms with Crippen LogP contribution in [0.4, 0.5) is 11.4 Å². The van der Waals surface area contributed by atoms with Crippen molar-refractivity contribution in [1.29, 1.82) is 0 Å². The molecule has 6 nitrogen and oxygen atoms in total. The summed E-state index contributed by atoms with van der Waals surface area (Å²) in [5, 5.41) is 12.3. The highest BCUT2D eigenvalue weighted by atomic mass is 79.9. The monoisotopic (exact) mass is 460 g/mol. The van der Waals surface area contributed by atoms with Crippen LogP contribution in [0.1, 0.15) is 15.9 Å². The van der Waals surface area contributed by atoms with Crippen molar-refractivity contribution in [2.75, 3.05) is 10.0 Å². The Morgan fingerprint density at radius 3 is 2.46 bits per heavy atom. The van der Waals surface area contributed by atoms with E-state index in [1.165, 1.54) is 30.3 Å². The number of hydrogen-bond donors (Lipinski definition) is 3. The van der Waals surface area contributed by atoms with Crippen molar-refractivity contribution < 1.29 is 18.3 Å². The van der Waals surface area contributed by atoms with Crippen LogP contribution >= 0.6 is 15.9 Å². The minimum absolute atomic E-state index is 0.0501. The van der Waals surface area contributed by atoms with E-state index in [0.29, 0.717) is 10.2 Å². The van der Waals surface area contributed by atoms with Gasteiger partial charge < -0.3 is 10.4 Å². The standard InChI is InChI=1S/C20H17BrN2O4S/c1-13-9-10-16(21)18(11-13)23-28(26,27)15-6-4-5-14(12-15)20(25)22-17-7-2-3-8-19(17)24/h2-12,23-24H,1H3,(H,22,25). The molecule has 3 rings (SSSR count). The lowest BCUT2D eigenvalue weighted by Gasteiger charge is -2.12. The molecule has 0 bridgehead atoms. The second-order valence-electron chi connectivity index (χ2n) is 6.09. The van der Waals surface area contributed by atoms with Crippen LogP contribution < -0.4 is 10.0 Å². The topological polar surface area (TPSA) is 95.5 Å². The molecule has 0 saturated carbocycles. The Hall–Kier alpha value is -2.84. The fourth-order valence-corrected chi connectivity index (χ4v) is 4.09. The highest BCUT2D eigenvalue weighted by molar-refractivity contribution is 9.10. The summed E-state index contributed by atoms with van der Waals surface area (Å²) in [4.78, 5) is 12.4. The Morgan fingerprint density at radius 2 is 1.71 bits per heavy atom. The number of para-hydroxylation sites is 2. The van der Waals surface area contributed by atoms with Crippen LogP contribution in [0.25, 0.3) is 0 Å². The normalized spacial score (nSPS) is 11.1. The summed E-state index contributed by atoms with van der Waals surface area (Å²) in [6, 6.07) is 17.3. The van der Waals surface area contributed by atoms with Crippen molar-refractivity contribution in [3.8, 4) is 5.75 Å². The van der Waals surface area contributed by atoms with Gasteiger partial charge in [0.1, 0.15) is 5.75 Å². The summed E-state index contributed by atoms with van der Waals surface area (Å²) in [5.74, 6) is -0.610. The van der Waals surface area contributed by atoms with E-state index in [1.54, 1.807) is 30.3 Å². The van der Waals surface area contributed by atoms with E-state index in [1.807, 2.05) is 13.0 Å². The molecule has 0 aliphatic heterocycles. The Bertz CT molecular complexity index is 1150. The molecule has 0 aliphatic rings. The number of hydrogen-bond acceptors (Lipinski definition) is 4. The van der Waals surface area contributed by atoms with E-state index in [0.717, 1.165) is 5.56 Å². The summed E-state index contributed by atoms with van der Waals surface area (Å²) in [7, 11) is -3.90. The average molecular weight is 461 g/mol. The second-order valence-corrected chi connectivity index (χ2v) is 8.62. The molecule has 0 atom stereocenters. The van der Waals surface area contributed by atoms with Crippen molar-refractivity contribution in [3.05, 3.63) is 82.3 Å². The van der Waals surface area contributed by atoms with Gasteiger partial charge in [0.25, 0.3) is 15.9 Å². The zero-order valence-electron chi connectivity index (χ0n) is 14.8. The van der Waals surface area contributed by atoms with Gasteiger partial charge in [0, 0.05) is 10.0 Å². The number of sulfonamides is 1. The molecule has 28 heavy (non-hydrogen) atoms. The van der Waals surface area contributed by atoms with Gasteiger partial charge in [-0.15, -0.1) is 0 Å². The number of benzene rings is 3. The lowest BCUT2D eigenvalue weighted by Crippen LogP contribution is -2.16. The van der Waals surface area contributed by atoms with E-state index in [-0.39, 0.29) is 21.9 Å². The first-order valence-electron chi connectivity index (χ1n) is 8.25. The summed E-state index contributed by atoms with van der Waals surface area (Å²) < 4.78 is 28.6. The molecule has 0 unspecified atom stereocenters. The molecule has 0 radical (unpaired) electrons. The molecule has 0 saturated heterocycles. The molecular formula is C20H17BrN2O4S. The maximum atomic E-state index is 12.7. The van der Waals surface area contributed by atoms with Crippen LogP contribution in [0, 0.1) is 6.92 Å². The molecule has 1 amide bonds. The van der Waals surface area contributed by atoms with Gasteiger partial charge in [-0.2, -0.15) is 0 Å². The molecule has 3 aromatic rings. The molecule has 0 aliphatic carbocycles. The maximum Gasteiger partial charge on any atom is 0.261 e. The van der Waals surface area contributed by atoms with Gasteiger partial charge in [-0.05, 0) is 70.9 Å². The van der Waals surface area contributed by atoms with Crippen molar-refractivity contribution >= 4 is 43.2 Å². The summed E-state index contributed by atoms with van der Waals surface area (Å²) in [5.41, 5.74) is 1.69. The Balaban J connectivity index is 1.86. The van der Waals surface area contributed by atoms with Crippen LogP contribution in [0.15, 0.2) is 76.1 Å². The van der Waals surface area contributed by atoms with Crippen molar-refractivity contribution in [2.24, 2.45) is 0 Å². The second kappa shape index (κ2) is 8.04. The average Bonchev–Trinajstić information content (AvgIpc) is 2.66. The number of phenolic OH excluding ortho intramolecular Hbond substituents is 1. The van der Waals surface area contributed by atoms with Crippen LogP contribution in [-0.2, 0) is 10.0 Å². The van der Waals surface area contributed by atoms with Gasteiger partial charge in [-0.25, -0.2) is 8.42 Å². The number of aryl methyl sites for hydroxylation is 1. The maximum absolute atomic E-state index is 12.7. The highest BCUT2D eigenvalue weighted by Crippen LogP contribution is 2.27. The lowest BCUT2D eigenvalue weighted by molar-refractivity contribution is 0.102. The number of rotatable bonds is 5. The van der Waals surface area contributed by atoms with Gasteiger partial charge in [-0.1, -0.05) is 24.3 Å². The molecule has 0 fully saturated rings. The molecule has 0 aromatic heterocycles. The molecular weight excluding hydrogens is 444 g/mol. The molecule has 3 aromatic carbocycles. The zero-order valence-corrected chi connectivity index (χ0v) is 17.2. The number of anilines is 2. The largest absolute Gasteiger partial charge is 0.506 e. The highest BCUT2D eigenvalue weighted by Gasteiger charge is 2.18. The van der Waals surface area contributed by atoms with Crippen molar-refractivity contribution in [1.82, 2.24) is 0 Å². The predicted octanol–water partition coefficient (Wildman–Crippen LogP) is 4.52. The molecule has 3 N–H and O–H groups in total. The van der Waals surface area contributed by atoms with Gasteiger partial charge in [0.05, 0.1) is 16.3 Å². The van der Waals surface area contributed by atoms with E-state index in [4.69, 9.17) is 0 Å². The number of aromatic hydroxyl groups is 1. The number of amides is 1. The molecule has 144 valence electrons. The SMILES string of the molecule is Cc1ccc(Br)c(NS(=O)(=O)c2cccc(C(=O)Nc3ccccc3O)c2)c1. The molecule has 8 heteroatoms.